The summed E-state index contributed by atoms with van der Waals surface area (Å²) in [6.45, 7) is 3.42. The van der Waals surface area contributed by atoms with Crippen LogP contribution in [0.25, 0.3) is 16.8 Å². The zero-order valence-corrected chi connectivity index (χ0v) is 17.4. The normalized spacial score (nSPS) is 15.4. The van der Waals surface area contributed by atoms with Gasteiger partial charge in [-0.15, -0.1) is 6.42 Å². The fourth-order valence-corrected chi connectivity index (χ4v) is 3.12. The Bertz CT molecular complexity index is 1130. The summed E-state index contributed by atoms with van der Waals surface area (Å²) in [7, 11) is 1.69. The maximum atomic E-state index is 11.7. The van der Waals surface area contributed by atoms with E-state index in [2.05, 4.69) is 16.1 Å². The standard InChI is InChI=1S/C17H15N5O.C5H9NO2/c1-3-12-6-5-7-14(8-12)22-11-15(16(20-22)17(18)23)13-9-19-21(4-2)10-13;1-6-3-2-4(7)5(6)8/h1,5-11H,4H2,2H3,(H2,18,23);4,7H,2-3H2,1H3. The number of nitrogens with zero attached hydrogens (tertiary/aromatic N) is 5. The van der Waals surface area contributed by atoms with Crippen LogP contribution >= 0.6 is 0 Å². The third kappa shape index (κ3) is 4.82. The number of hydrogen-bond donors (Lipinski definition) is 2. The Labute approximate surface area is 180 Å². The fourth-order valence-electron chi connectivity index (χ4n) is 3.12. The van der Waals surface area contributed by atoms with Crippen LogP contribution in [0.5, 0.6) is 0 Å². The van der Waals surface area contributed by atoms with Crippen LogP contribution in [0.4, 0.5) is 0 Å². The number of carbonyl (C=O) groups excluding carboxylic acids is 2. The Morgan fingerprint density at radius 3 is 2.68 bits per heavy atom. The highest BCUT2D eigenvalue weighted by molar-refractivity contribution is 5.97. The number of likely N-dealkylation sites (tertiary alicyclic amines) is 1. The van der Waals surface area contributed by atoms with Crippen molar-refractivity contribution in [2.75, 3.05) is 13.6 Å². The second kappa shape index (κ2) is 9.28. The number of likely N-dealkylation sites (N-methyl/N-ethyl adjacent to an activating group) is 1. The molecule has 2 aromatic heterocycles. The molecule has 0 radical (unpaired) electrons. The fraction of sp³-hybridized carbons (Fsp3) is 0.273. The van der Waals surface area contributed by atoms with Gasteiger partial charge in [-0.3, -0.25) is 14.3 Å². The topological polar surface area (TPSA) is 119 Å². The molecule has 160 valence electrons. The Balaban J connectivity index is 0.000000287. The molecule has 1 aliphatic heterocycles. The molecule has 2 amide bonds. The Morgan fingerprint density at radius 1 is 1.39 bits per heavy atom. The lowest BCUT2D eigenvalue weighted by molar-refractivity contribution is -0.133. The van der Waals surface area contributed by atoms with Gasteiger partial charge in [0.05, 0.1) is 11.9 Å². The number of aromatic nitrogens is 4. The number of rotatable bonds is 4. The largest absolute Gasteiger partial charge is 0.383 e. The molecule has 0 bridgehead atoms. The average Bonchev–Trinajstić information content (AvgIpc) is 3.50. The molecule has 1 saturated heterocycles. The van der Waals surface area contributed by atoms with E-state index in [9.17, 15) is 9.59 Å². The molecule has 1 aliphatic rings. The summed E-state index contributed by atoms with van der Waals surface area (Å²) >= 11 is 0. The quantitative estimate of drug-likeness (QED) is 0.612. The SMILES string of the molecule is C#Cc1cccc(-n2cc(-c3cnn(CC)c3)c(C(N)=O)n2)c1.CN1CCC(O)C1=O. The van der Waals surface area contributed by atoms with E-state index in [1.54, 1.807) is 28.8 Å². The van der Waals surface area contributed by atoms with Gasteiger partial charge in [0.2, 0.25) is 0 Å². The third-order valence-corrected chi connectivity index (χ3v) is 4.89. The monoisotopic (exact) mass is 420 g/mol. The summed E-state index contributed by atoms with van der Waals surface area (Å²) in [5, 5.41) is 17.3. The zero-order chi connectivity index (χ0) is 22.5. The number of hydrogen-bond acceptors (Lipinski definition) is 5. The molecule has 1 fully saturated rings. The Hall–Kier alpha value is -3.90. The predicted molar refractivity (Wildman–Crippen MR) is 115 cm³/mol. The lowest BCUT2D eigenvalue weighted by Gasteiger charge is -2.04. The first kappa shape index (κ1) is 21.8. The lowest BCUT2D eigenvalue weighted by atomic mass is 10.1. The van der Waals surface area contributed by atoms with Gasteiger partial charge in [-0.25, -0.2) is 4.68 Å². The second-order valence-corrected chi connectivity index (χ2v) is 7.04. The van der Waals surface area contributed by atoms with Gasteiger partial charge in [0.15, 0.2) is 5.69 Å². The van der Waals surface area contributed by atoms with E-state index < -0.39 is 12.0 Å². The molecular formula is C22H24N6O3. The van der Waals surface area contributed by atoms with Crippen molar-refractivity contribution >= 4 is 11.8 Å². The van der Waals surface area contributed by atoms with Crippen molar-refractivity contribution in [3.8, 4) is 29.2 Å². The number of aliphatic hydroxyl groups is 1. The Morgan fingerprint density at radius 2 is 2.16 bits per heavy atom. The van der Waals surface area contributed by atoms with Crippen LogP contribution in [0.1, 0.15) is 29.4 Å². The zero-order valence-electron chi connectivity index (χ0n) is 17.4. The van der Waals surface area contributed by atoms with Gasteiger partial charge in [-0.1, -0.05) is 12.0 Å². The van der Waals surface area contributed by atoms with Gasteiger partial charge < -0.3 is 15.7 Å². The highest BCUT2D eigenvalue weighted by Crippen LogP contribution is 2.24. The first-order valence-corrected chi connectivity index (χ1v) is 9.76. The third-order valence-electron chi connectivity index (χ3n) is 4.89. The highest BCUT2D eigenvalue weighted by Gasteiger charge is 2.26. The van der Waals surface area contributed by atoms with Crippen molar-refractivity contribution < 1.29 is 14.7 Å². The van der Waals surface area contributed by atoms with E-state index in [1.807, 2.05) is 37.4 Å². The van der Waals surface area contributed by atoms with Gasteiger partial charge in [0.1, 0.15) is 6.10 Å². The second-order valence-electron chi connectivity index (χ2n) is 7.04. The summed E-state index contributed by atoms with van der Waals surface area (Å²) < 4.78 is 3.37. The first-order chi connectivity index (χ1) is 14.8. The number of aliphatic hydroxyl groups excluding tert-OH is 1. The molecule has 1 unspecified atom stereocenters. The maximum Gasteiger partial charge on any atom is 0.269 e. The molecule has 0 saturated carbocycles. The lowest BCUT2D eigenvalue weighted by Crippen LogP contribution is -2.24. The van der Waals surface area contributed by atoms with Crippen LogP contribution in [0, 0.1) is 12.3 Å². The molecule has 1 atom stereocenters. The van der Waals surface area contributed by atoms with E-state index in [4.69, 9.17) is 17.3 Å². The highest BCUT2D eigenvalue weighted by atomic mass is 16.3. The molecule has 9 heteroatoms. The molecule has 0 aliphatic carbocycles. The summed E-state index contributed by atoms with van der Waals surface area (Å²) in [6.07, 6.45) is 10.6. The molecule has 3 N–H and O–H groups in total. The van der Waals surface area contributed by atoms with Gasteiger partial charge in [-0.05, 0) is 31.5 Å². The van der Waals surface area contributed by atoms with Crippen molar-refractivity contribution in [2.45, 2.75) is 26.0 Å². The number of nitrogens with two attached hydrogens (primary N) is 1. The molecule has 0 spiro atoms. The first-order valence-electron chi connectivity index (χ1n) is 9.76. The summed E-state index contributed by atoms with van der Waals surface area (Å²) in [4.78, 5) is 23.8. The molecule has 3 heterocycles. The van der Waals surface area contributed by atoms with Gasteiger partial charge in [0, 0.05) is 49.2 Å². The number of carbonyl (C=O) groups is 2. The van der Waals surface area contributed by atoms with Gasteiger partial charge >= 0.3 is 0 Å². The summed E-state index contributed by atoms with van der Waals surface area (Å²) in [6, 6.07) is 7.34. The number of amides is 2. The van der Waals surface area contributed by atoms with Crippen LogP contribution in [0.3, 0.4) is 0 Å². The van der Waals surface area contributed by atoms with E-state index in [0.717, 1.165) is 23.4 Å². The molecule has 9 nitrogen and oxygen atoms in total. The molecule has 31 heavy (non-hydrogen) atoms. The van der Waals surface area contributed by atoms with E-state index in [0.29, 0.717) is 18.5 Å². The van der Waals surface area contributed by atoms with Crippen molar-refractivity contribution in [3.05, 3.63) is 54.1 Å². The number of primary amides is 1. The van der Waals surface area contributed by atoms with Crippen molar-refractivity contribution in [3.63, 3.8) is 0 Å². The molecule has 1 aromatic carbocycles. The number of aryl methyl sites for hydroxylation is 1. The van der Waals surface area contributed by atoms with E-state index in [1.165, 1.54) is 4.90 Å². The summed E-state index contributed by atoms with van der Waals surface area (Å²) in [5.41, 5.74) is 8.60. The summed E-state index contributed by atoms with van der Waals surface area (Å²) in [5.74, 6) is 1.84. The van der Waals surface area contributed by atoms with E-state index >= 15 is 0 Å². The van der Waals surface area contributed by atoms with E-state index in [-0.39, 0.29) is 11.6 Å². The van der Waals surface area contributed by atoms with Crippen LogP contribution in [0.15, 0.2) is 42.9 Å². The number of benzene rings is 1. The van der Waals surface area contributed by atoms with Crippen molar-refractivity contribution in [2.24, 2.45) is 5.73 Å². The van der Waals surface area contributed by atoms with Gasteiger partial charge in [0.25, 0.3) is 11.8 Å². The van der Waals surface area contributed by atoms with Crippen molar-refractivity contribution in [1.29, 1.82) is 0 Å². The van der Waals surface area contributed by atoms with Gasteiger partial charge in [-0.2, -0.15) is 10.2 Å². The minimum atomic E-state index is -0.722. The van der Waals surface area contributed by atoms with Crippen molar-refractivity contribution in [1.82, 2.24) is 24.5 Å². The molecule has 4 rings (SSSR count). The van der Waals surface area contributed by atoms with Crippen LogP contribution in [0.2, 0.25) is 0 Å². The smallest absolute Gasteiger partial charge is 0.269 e. The molecule has 3 aromatic rings. The van der Waals surface area contributed by atoms with Crippen LogP contribution in [-0.4, -0.2) is 61.1 Å². The van der Waals surface area contributed by atoms with Crippen LogP contribution < -0.4 is 5.73 Å². The number of terminal acetylenes is 1. The predicted octanol–water partition coefficient (Wildman–Crippen LogP) is 1.05. The maximum absolute atomic E-state index is 11.7. The average molecular weight is 420 g/mol. The Kier molecular flexibility index (Phi) is 6.52. The van der Waals surface area contributed by atoms with Crippen LogP contribution in [-0.2, 0) is 11.3 Å². The minimum absolute atomic E-state index is 0.148. The minimum Gasteiger partial charge on any atom is -0.383 e. The molecular weight excluding hydrogens is 396 g/mol.